The van der Waals surface area contributed by atoms with Gasteiger partial charge in [-0.25, -0.2) is 9.78 Å². The summed E-state index contributed by atoms with van der Waals surface area (Å²) in [5.41, 5.74) is 6.01. The number of carbonyl (C=O) groups excluding carboxylic acids is 1. The van der Waals surface area contributed by atoms with E-state index in [9.17, 15) is 4.79 Å². The van der Waals surface area contributed by atoms with Crippen LogP contribution in [0.4, 0.5) is 4.79 Å². The minimum atomic E-state index is -0.496. The summed E-state index contributed by atoms with van der Waals surface area (Å²) >= 11 is 1.68. The molecule has 0 saturated carbocycles. The number of hydrogen-bond acceptors (Lipinski definition) is 4. The summed E-state index contributed by atoms with van der Waals surface area (Å²) in [7, 11) is 0. The predicted octanol–water partition coefficient (Wildman–Crippen LogP) is 1.62. The fourth-order valence-corrected chi connectivity index (χ4v) is 2.63. The number of hydrogen-bond donors (Lipinski definition) is 3. The van der Waals surface area contributed by atoms with Gasteiger partial charge in [0.25, 0.3) is 0 Å². The Kier molecular flexibility index (Phi) is 4.11. The first-order chi connectivity index (χ1) is 8.66. The van der Waals surface area contributed by atoms with Gasteiger partial charge < -0.3 is 16.4 Å². The molecule has 0 radical (unpaired) electrons. The summed E-state index contributed by atoms with van der Waals surface area (Å²) in [4.78, 5) is 15.1. The Labute approximate surface area is 109 Å². The second-order valence-electron chi connectivity index (χ2n) is 3.99. The summed E-state index contributed by atoms with van der Waals surface area (Å²) in [5, 5.41) is 6.88. The zero-order chi connectivity index (χ0) is 13.0. The SMILES string of the molecule is CC(NCCNC(N)=O)c1nc2ccccc2s1. The molecule has 1 aromatic carbocycles. The number of urea groups is 1. The molecule has 1 aromatic heterocycles. The van der Waals surface area contributed by atoms with E-state index in [-0.39, 0.29) is 6.04 Å². The molecule has 6 heteroatoms. The molecule has 2 aromatic rings. The molecular formula is C12H16N4OS. The second-order valence-corrected chi connectivity index (χ2v) is 5.05. The van der Waals surface area contributed by atoms with Crippen LogP contribution in [0.5, 0.6) is 0 Å². The van der Waals surface area contributed by atoms with E-state index in [4.69, 9.17) is 5.73 Å². The topological polar surface area (TPSA) is 80.0 Å². The summed E-state index contributed by atoms with van der Waals surface area (Å²) in [6.07, 6.45) is 0. The van der Waals surface area contributed by atoms with E-state index in [0.717, 1.165) is 10.5 Å². The largest absolute Gasteiger partial charge is 0.352 e. The van der Waals surface area contributed by atoms with Crippen LogP contribution in [0.25, 0.3) is 10.2 Å². The van der Waals surface area contributed by atoms with Gasteiger partial charge in [-0.2, -0.15) is 0 Å². The average molecular weight is 264 g/mol. The van der Waals surface area contributed by atoms with Crippen molar-refractivity contribution in [3.63, 3.8) is 0 Å². The predicted molar refractivity (Wildman–Crippen MR) is 73.6 cm³/mol. The van der Waals surface area contributed by atoms with Crippen molar-refractivity contribution >= 4 is 27.6 Å². The molecule has 0 aliphatic carbocycles. The summed E-state index contributed by atoms with van der Waals surface area (Å²) in [6.45, 7) is 3.24. The van der Waals surface area contributed by atoms with Crippen LogP contribution in [-0.4, -0.2) is 24.1 Å². The van der Waals surface area contributed by atoms with Crippen molar-refractivity contribution in [1.82, 2.24) is 15.6 Å². The van der Waals surface area contributed by atoms with Gasteiger partial charge in [-0.1, -0.05) is 12.1 Å². The molecule has 0 aliphatic rings. The van der Waals surface area contributed by atoms with Gasteiger partial charge in [0, 0.05) is 13.1 Å². The molecule has 0 saturated heterocycles. The van der Waals surface area contributed by atoms with Crippen LogP contribution in [0.2, 0.25) is 0 Å². The van der Waals surface area contributed by atoms with Crippen molar-refractivity contribution < 1.29 is 4.79 Å². The van der Waals surface area contributed by atoms with Crippen LogP contribution in [0.15, 0.2) is 24.3 Å². The number of aromatic nitrogens is 1. The van der Waals surface area contributed by atoms with E-state index in [0.29, 0.717) is 13.1 Å². The highest BCUT2D eigenvalue weighted by Crippen LogP contribution is 2.25. The monoisotopic (exact) mass is 264 g/mol. The Bertz CT molecular complexity index is 507. The van der Waals surface area contributed by atoms with Crippen LogP contribution in [0.1, 0.15) is 18.0 Å². The van der Waals surface area contributed by atoms with Crippen molar-refractivity contribution in [3.8, 4) is 0 Å². The molecule has 5 nitrogen and oxygen atoms in total. The fourth-order valence-electron chi connectivity index (χ4n) is 1.64. The molecule has 0 aliphatic heterocycles. The van der Waals surface area contributed by atoms with Crippen LogP contribution in [0, 0.1) is 0 Å². The molecule has 96 valence electrons. The van der Waals surface area contributed by atoms with Crippen molar-refractivity contribution in [1.29, 1.82) is 0 Å². The first-order valence-electron chi connectivity index (χ1n) is 5.79. The highest BCUT2D eigenvalue weighted by atomic mass is 32.1. The van der Waals surface area contributed by atoms with Gasteiger partial charge in [-0.15, -0.1) is 11.3 Å². The van der Waals surface area contributed by atoms with Gasteiger partial charge in [0.2, 0.25) is 0 Å². The molecule has 1 atom stereocenters. The first kappa shape index (κ1) is 12.8. The van der Waals surface area contributed by atoms with Gasteiger partial charge in [0.1, 0.15) is 5.01 Å². The van der Waals surface area contributed by atoms with Gasteiger partial charge in [0.05, 0.1) is 16.3 Å². The molecule has 0 fully saturated rings. The average Bonchev–Trinajstić information content (AvgIpc) is 2.78. The minimum Gasteiger partial charge on any atom is -0.352 e. The highest BCUT2D eigenvalue weighted by Gasteiger charge is 2.10. The fraction of sp³-hybridized carbons (Fsp3) is 0.333. The van der Waals surface area contributed by atoms with Crippen molar-refractivity contribution in [2.45, 2.75) is 13.0 Å². The Morgan fingerprint density at radius 1 is 1.44 bits per heavy atom. The van der Waals surface area contributed by atoms with E-state index in [1.165, 1.54) is 4.70 Å². The third-order valence-corrected chi connectivity index (χ3v) is 3.77. The third kappa shape index (κ3) is 3.18. The lowest BCUT2D eigenvalue weighted by Crippen LogP contribution is -2.35. The van der Waals surface area contributed by atoms with Crippen LogP contribution < -0.4 is 16.4 Å². The molecule has 4 N–H and O–H groups in total. The normalized spacial score (nSPS) is 12.5. The quantitative estimate of drug-likeness (QED) is 0.718. The van der Waals surface area contributed by atoms with Crippen LogP contribution in [-0.2, 0) is 0 Å². The maximum atomic E-state index is 10.5. The number of para-hydroxylation sites is 1. The molecule has 2 rings (SSSR count). The molecule has 0 spiro atoms. The van der Waals surface area contributed by atoms with Crippen LogP contribution >= 0.6 is 11.3 Å². The van der Waals surface area contributed by atoms with E-state index in [1.807, 2.05) is 18.2 Å². The first-order valence-corrected chi connectivity index (χ1v) is 6.60. The number of fused-ring (bicyclic) bond motifs is 1. The lowest BCUT2D eigenvalue weighted by molar-refractivity contribution is 0.249. The van der Waals surface area contributed by atoms with Crippen molar-refractivity contribution in [2.75, 3.05) is 13.1 Å². The number of benzene rings is 1. The number of nitrogens with two attached hydrogens (primary N) is 1. The Morgan fingerprint density at radius 2 is 2.22 bits per heavy atom. The number of rotatable bonds is 5. The summed E-state index contributed by atoms with van der Waals surface area (Å²) in [5.74, 6) is 0. The Balaban J connectivity index is 1.92. The van der Waals surface area contributed by atoms with Crippen molar-refractivity contribution in [3.05, 3.63) is 29.3 Å². The highest BCUT2D eigenvalue weighted by molar-refractivity contribution is 7.18. The molecular weight excluding hydrogens is 248 g/mol. The molecule has 1 heterocycles. The Hall–Kier alpha value is -1.66. The van der Waals surface area contributed by atoms with Gasteiger partial charge >= 0.3 is 6.03 Å². The Morgan fingerprint density at radius 3 is 2.94 bits per heavy atom. The standard InChI is InChI=1S/C12H16N4OS/c1-8(14-6-7-15-12(13)17)11-16-9-4-2-3-5-10(9)18-11/h2-5,8,14H,6-7H2,1H3,(H3,13,15,17). The van der Waals surface area contributed by atoms with Crippen LogP contribution in [0.3, 0.4) is 0 Å². The number of primary amides is 1. The molecule has 1 unspecified atom stereocenters. The van der Waals surface area contributed by atoms with E-state index in [1.54, 1.807) is 11.3 Å². The maximum Gasteiger partial charge on any atom is 0.312 e. The zero-order valence-electron chi connectivity index (χ0n) is 10.1. The van der Waals surface area contributed by atoms with Gasteiger partial charge in [-0.3, -0.25) is 0 Å². The number of thiazole rings is 1. The number of nitrogens with zero attached hydrogens (tertiary/aromatic N) is 1. The maximum absolute atomic E-state index is 10.5. The lowest BCUT2D eigenvalue weighted by Gasteiger charge is -2.10. The zero-order valence-corrected chi connectivity index (χ0v) is 11.0. The third-order valence-electron chi connectivity index (χ3n) is 2.56. The summed E-state index contributed by atoms with van der Waals surface area (Å²) < 4.78 is 1.19. The molecule has 0 bridgehead atoms. The van der Waals surface area contributed by atoms with E-state index >= 15 is 0 Å². The van der Waals surface area contributed by atoms with E-state index in [2.05, 4.69) is 28.6 Å². The van der Waals surface area contributed by atoms with Crippen molar-refractivity contribution in [2.24, 2.45) is 5.73 Å². The van der Waals surface area contributed by atoms with Gasteiger partial charge in [0.15, 0.2) is 0 Å². The second kappa shape index (κ2) is 5.79. The van der Waals surface area contributed by atoms with E-state index < -0.39 is 6.03 Å². The minimum absolute atomic E-state index is 0.164. The molecule has 18 heavy (non-hydrogen) atoms. The number of carbonyl (C=O) groups is 1. The molecule has 2 amide bonds. The number of nitrogens with one attached hydrogen (secondary N) is 2. The number of amides is 2. The lowest BCUT2D eigenvalue weighted by atomic mass is 10.3. The smallest absolute Gasteiger partial charge is 0.312 e. The van der Waals surface area contributed by atoms with Gasteiger partial charge in [-0.05, 0) is 19.1 Å². The summed E-state index contributed by atoms with van der Waals surface area (Å²) in [6, 6.07) is 7.75.